The van der Waals surface area contributed by atoms with Gasteiger partial charge in [0.05, 0.1) is 32.2 Å². The average molecular weight is 306 g/mol. The molecule has 1 rings (SSSR count). The molecular formula is C13H19Cl2N2O2+. The minimum atomic E-state index is -0.601. The van der Waals surface area contributed by atoms with E-state index in [-0.39, 0.29) is 5.91 Å². The number of likely N-dealkylation sites (N-methyl/N-ethyl adjacent to an activating group) is 1. The van der Waals surface area contributed by atoms with E-state index >= 15 is 0 Å². The predicted molar refractivity (Wildman–Crippen MR) is 77.2 cm³/mol. The zero-order valence-electron chi connectivity index (χ0n) is 11.3. The molecule has 0 bridgehead atoms. The normalized spacial score (nSPS) is 12.3. The summed E-state index contributed by atoms with van der Waals surface area (Å²) in [7, 11) is 4.05. The van der Waals surface area contributed by atoms with Crippen LogP contribution in [0.5, 0.6) is 5.75 Å². The van der Waals surface area contributed by atoms with Gasteiger partial charge in [0.15, 0.2) is 6.10 Å². The average Bonchev–Trinajstić information content (AvgIpc) is 2.32. The number of carbonyl (C=O) groups is 1. The molecule has 0 unspecified atom stereocenters. The number of amides is 1. The molecule has 0 saturated carbocycles. The molecule has 6 heteroatoms. The van der Waals surface area contributed by atoms with Crippen molar-refractivity contribution in [1.29, 1.82) is 0 Å². The molecule has 1 aromatic rings. The van der Waals surface area contributed by atoms with Crippen LogP contribution >= 0.6 is 23.2 Å². The molecule has 0 spiro atoms. The summed E-state index contributed by atoms with van der Waals surface area (Å²) in [6, 6.07) is 4.90. The predicted octanol–water partition coefficient (Wildman–Crippen LogP) is 1.02. The smallest absolute Gasteiger partial charge is 0.260 e. The molecule has 0 aliphatic heterocycles. The summed E-state index contributed by atoms with van der Waals surface area (Å²) < 4.78 is 5.51. The summed E-state index contributed by atoms with van der Waals surface area (Å²) >= 11 is 11.8. The van der Waals surface area contributed by atoms with E-state index in [1.54, 1.807) is 25.1 Å². The second-order valence-electron chi connectivity index (χ2n) is 4.58. The quantitative estimate of drug-likeness (QED) is 0.824. The fourth-order valence-electron chi connectivity index (χ4n) is 1.39. The molecule has 2 N–H and O–H groups in total. The Balaban J connectivity index is 2.49. The number of halogens is 2. The maximum absolute atomic E-state index is 11.8. The van der Waals surface area contributed by atoms with Crippen LogP contribution in [-0.4, -0.2) is 39.2 Å². The minimum absolute atomic E-state index is 0.160. The molecule has 0 aliphatic rings. The number of hydrogen-bond acceptors (Lipinski definition) is 2. The van der Waals surface area contributed by atoms with Crippen LogP contribution in [0.25, 0.3) is 0 Å². The first-order valence-electron chi connectivity index (χ1n) is 6.08. The van der Waals surface area contributed by atoms with Crippen molar-refractivity contribution >= 4 is 29.1 Å². The van der Waals surface area contributed by atoms with Crippen molar-refractivity contribution in [2.75, 3.05) is 27.2 Å². The highest BCUT2D eigenvalue weighted by Crippen LogP contribution is 2.28. The zero-order valence-corrected chi connectivity index (χ0v) is 12.8. The third-order valence-electron chi connectivity index (χ3n) is 2.49. The number of benzene rings is 1. The molecule has 1 atom stereocenters. The fourth-order valence-corrected chi connectivity index (χ4v) is 1.85. The summed E-state index contributed by atoms with van der Waals surface area (Å²) in [4.78, 5) is 13.1. The van der Waals surface area contributed by atoms with E-state index in [1.807, 2.05) is 14.1 Å². The summed E-state index contributed by atoms with van der Waals surface area (Å²) in [6.45, 7) is 3.16. The largest absolute Gasteiger partial charge is 0.479 e. The molecule has 1 aromatic carbocycles. The number of hydrogen-bond donors (Lipinski definition) is 2. The third-order valence-corrected chi connectivity index (χ3v) is 3.02. The van der Waals surface area contributed by atoms with E-state index in [0.29, 0.717) is 22.3 Å². The molecule has 4 nitrogen and oxygen atoms in total. The Labute approximate surface area is 123 Å². The van der Waals surface area contributed by atoms with Crippen LogP contribution in [0.2, 0.25) is 10.0 Å². The first-order valence-corrected chi connectivity index (χ1v) is 6.84. The molecule has 0 radical (unpaired) electrons. The van der Waals surface area contributed by atoms with E-state index in [1.165, 1.54) is 4.90 Å². The monoisotopic (exact) mass is 305 g/mol. The van der Waals surface area contributed by atoms with Gasteiger partial charge in [0, 0.05) is 5.02 Å². The molecule has 0 aliphatic carbocycles. The molecular weight excluding hydrogens is 287 g/mol. The van der Waals surface area contributed by atoms with E-state index in [9.17, 15) is 4.79 Å². The standard InChI is InChI=1S/C13H18Cl2N2O2/c1-9(13(18)16-6-7-17(2)3)19-12-5-4-10(14)8-11(12)15/h4-5,8-9H,6-7H2,1-3H3,(H,16,18)/p+1/t9-/m0/s1. The summed E-state index contributed by atoms with van der Waals surface area (Å²) in [6.07, 6.45) is -0.601. The number of rotatable bonds is 6. The summed E-state index contributed by atoms with van der Waals surface area (Å²) in [5, 5.41) is 3.74. The SMILES string of the molecule is C[C@H](Oc1ccc(Cl)cc1Cl)C(=O)NCC[NH+](C)C. The number of nitrogens with one attached hydrogen (secondary N) is 2. The molecule has 1 amide bonds. The Morgan fingerprint density at radius 3 is 2.68 bits per heavy atom. The second kappa shape index (κ2) is 7.58. The van der Waals surface area contributed by atoms with Gasteiger partial charge in [0.2, 0.25) is 0 Å². The maximum atomic E-state index is 11.8. The lowest BCUT2D eigenvalue weighted by Crippen LogP contribution is -3.06. The lowest BCUT2D eigenvalue weighted by molar-refractivity contribution is -0.856. The second-order valence-corrected chi connectivity index (χ2v) is 5.43. The van der Waals surface area contributed by atoms with Crippen LogP contribution in [0.1, 0.15) is 6.92 Å². The Morgan fingerprint density at radius 2 is 2.11 bits per heavy atom. The van der Waals surface area contributed by atoms with Gasteiger partial charge in [-0.15, -0.1) is 0 Å². The molecule has 106 valence electrons. The minimum Gasteiger partial charge on any atom is -0.479 e. The zero-order chi connectivity index (χ0) is 14.4. The number of carbonyl (C=O) groups excluding carboxylic acids is 1. The highest BCUT2D eigenvalue weighted by atomic mass is 35.5. The molecule has 0 saturated heterocycles. The van der Waals surface area contributed by atoms with Crippen molar-refractivity contribution < 1.29 is 14.4 Å². The van der Waals surface area contributed by atoms with Gasteiger partial charge in [-0.1, -0.05) is 23.2 Å². The first kappa shape index (κ1) is 16.1. The lowest BCUT2D eigenvalue weighted by atomic mass is 10.3. The third kappa shape index (κ3) is 5.68. The van der Waals surface area contributed by atoms with Crippen LogP contribution in [0, 0.1) is 0 Å². The van der Waals surface area contributed by atoms with Gasteiger partial charge in [-0.25, -0.2) is 0 Å². The van der Waals surface area contributed by atoms with Crippen LogP contribution in [0.4, 0.5) is 0 Å². The molecule has 0 aromatic heterocycles. The fraction of sp³-hybridized carbons (Fsp3) is 0.462. The van der Waals surface area contributed by atoms with E-state index < -0.39 is 6.10 Å². The van der Waals surface area contributed by atoms with E-state index in [2.05, 4.69) is 5.32 Å². The summed E-state index contributed by atoms with van der Waals surface area (Å²) in [5.74, 6) is 0.291. The van der Waals surface area contributed by atoms with Crippen molar-refractivity contribution in [2.24, 2.45) is 0 Å². The first-order chi connectivity index (χ1) is 8.90. The summed E-state index contributed by atoms with van der Waals surface area (Å²) in [5.41, 5.74) is 0. The van der Waals surface area contributed by atoms with Gasteiger partial charge in [-0.3, -0.25) is 4.79 Å². The van der Waals surface area contributed by atoms with Crippen molar-refractivity contribution in [2.45, 2.75) is 13.0 Å². The van der Waals surface area contributed by atoms with Gasteiger partial charge < -0.3 is 15.0 Å². The Bertz CT molecular complexity index is 439. The Kier molecular flexibility index (Phi) is 6.42. The Morgan fingerprint density at radius 1 is 1.42 bits per heavy atom. The van der Waals surface area contributed by atoms with Gasteiger partial charge in [-0.2, -0.15) is 0 Å². The van der Waals surface area contributed by atoms with E-state index in [4.69, 9.17) is 27.9 Å². The lowest BCUT2D eigenvalue weighted by Gasteiger charge is -2.16. The molecule has 19 heavy (non-hydrogen) atoms. The van der Waals surface area contributed by atoms with E-state index in [0.717, 1.165) is 6.54 Å². The van der Waals surface area contributed by atoms with Crippen LogP contribution in [0.3, 0.4) is 0 Å². The number of ether oxygens (including phenoxy) is 1. The van der Waals surface area contributed by atoms with Crippen LogP contribution in [0.15, 0.2) is 18.2 Å². The highest BCUT2D eigenvalue weighted by Gasteiger charge is 2.16. The van der Waals surface area contributed by atoms with Crippen molar-refractivity contribution in [3.8, 4) is 5.75 Å². The number of quaternary nitrogens is 1. The Hall–Kier alpha value is -0.970. The van der Waals surface area contributed by atoms with Crippen molar-refractivity contribution in [3.05, 3.63) is 28.2 Å². The van der Waals surface area contributed by atoms with Crippen molar-refractivity contribution in [3.63, 3.8) is 0 Å². The van der Waals surface area contributed by atoms with Crippen molar-refractivity contribution in [1.82, 2.24) is 5.32 Å². The molecule has 0 heterocycles. The van der Waals surface area contributed by atoms with Gasteiger partial charge in [0.1, 0.15) is 5.75 Å². The van der Waals surface area contributed by atoms with Gasteiger partial charge in [0.25, 0.3) is 5.91 Å². The topological polar surface area (TPSA) is 42.8 Å². The van der Waals surface area contributed by atoms with Gasteiger partial charge in [-0.05, 0) is 25.1 Å². The van der Waals surface area contributed by atoms with Crippen LogP contribution in [-0.2, 0) is 4.79 Å². The molecule has 0 fully saturated rings. The van der Waals surface area contributed by atoms with Gasteiger partial charge >= 0.3 is 0 Å². The highest BCUT2D eigenvalue weighted by molar-refractivity contribution is 6.35. The van der Waals surface area contributed by atoms with Crippen LogP contribution < -0.4 is 15.0 Å². The maximum Gasteiger partial charge on any atom is 0.260 e.